The van der Waals surface area contributed by atoms with Gasteiger partial charge in [-0.2, -0.15) is 0 Å². The minimum Gasteiger partial charge on any atom is -0.237 e. The van der Waals surface area contributed by atoms with Crippen LogP contribution in [0.4, 0.5) is 0 Å². The minimum atomic E-state index is 1.18. The Bertz CT molecular complexity index is 698. The molecule has 0 fully saturated rings. The number of hydrogen-bond donors (Lipinski definition) is 0. The van der Waals surface area contributed by atoms with E-state index < -0.39 is 0 Å². The summed E-state index contributed by atoms with van der Waals surface area (Å²) in [6.45, 7) is 9.32. The molecular formula is C34H64N4+2. The smallest absolute Gasteiger partial charge is 0.237 e. The highest BCUT2D eigenvalue weighted by atomic mass is 15.1. The summed E-state index contributed by atoms with van der Waals surface area (Å²) in [5, 5.41) is 0. The summed E-state index contributed by atoms with van der Waals surface area (Å²) in [6.07, 6.45) is 44.1. The van der Waals surface area contributed by atoms with Crippen LogP contribution in [0, 0.1) is 0 Å². The molecule has 2 aromatic heterocycles. The van der Waals surface area contributed by atoms with Crippen molar-refractivity contribution in [3.05, 3.63) is 37.4 Å². The van der Waals surface area contributed by atoms with Crippen LogP contribution in [0.2, 0.25) is 0 Å². The van der Waals surface area contributed by atoms with Gasteiger partial charge in [-0.1, -0.05) is 104 Å². The second kappa shape index (κ2) is 23.3. The van der Waals surface area contributed by atoms with E-state index in [1.165, 1.54) is 167 Å². The van der Waals surface area contributed by atoms with Crippen LogP contribution in [0.3, 0.4) is 0 Å². The summed E-state index contributed by atoms with van der Waals surface area (Å²) in [5.41, 5.74) is 0. The number of unbranched alkanes of at least 4 members (excludes halogenated alkanes) is 19. The van der Waals surface area contributed by atoms with Crippen molar-refractivity contribution < 1.29 is 9.13 Å². The number of nitrogens with zero attached hydrogens (tertiary/aromatic N) is 4. The Morgan fingerprint density at radius 2 is 0.711 bits per heavy atom. The maximum Gasteiger partial charge on any atom is 0.243 e. The Labute approximate surface area is 236 Å². The zero-order valence-corrected chi connectivity index (χ0v) is 25.6. The van der Waals surface area contributed by atoms with Gasteiger partial charge in [0.15, 0.2) is 0 Å². The van der Waals surface area contributed by atoms with Crippen LogP contribution in [0.1, 0.15) is 155 Å². The summed E-state index contributed by atoms with van der Waals surface area (Å²) in [5.74, 6) is 0. The Kier molecular flexibility index (Phi) is 20.0. The third-order valence-electron chi connectivity index (χ3n) is 8.11. The molecule has 2 heterocycles. The highest BCUT2D eigenvalue weighted by Crippen LogP contribution is 2.11. The standard InChI is InChI=1S/C34H64N4/c1-3-5-7-9-13-17-21-25-35-29-31-37(33-35)27-23-19-15-11-12-16-20-24-28-38-32-30-36(34-38)26-22-18-14-10-8-6-4-2/h29-34H,3-28H2,1-2H3/q+2. The largest absolute Gasteiger partial charge is 0.243 e. The van der Waals surface area contributed by atoms with Crippen LogP contribution in [-0.2, 0) is 26.2 Å². The molecule has 0 aliphatic heterocycles. The number of aromatic nitrogens is 4. The second-order valence-electron chi connectivity index (χ2n) is 11.8. The zero-order valence-electron chi connectivity index (χ0n) is 25.6. The molecule has 2 rings (SSSR count). The zero-order chi connectivity index (χ0) is 26.9. The number of hydrogen-bond acceptors (Lipinski definition) is 0. The molecule has 38 heavy (non-hydrogen) atoms. The summed E-state index contributed by atoms with van der Waals surface area (Å²) in [7, 11) is 0. The van der Waals surface area contributed by atoms with Gasteiger partial charge in [-0.3, -0.25) is 0 Å². The topological polar surface area (TPSA) is 17.6 Å². The molecule has 0 bridgehead atoms. The molecule has 0 saturated heterocycles. The molecule has 4 nitrogen and oxygen atoms in total. The predicted molar refractivity (Wildman–Crippen MR) is 162 cm³/mol. The first-order chi connectivity index (χ1) is 18.8. The van der Waals surface area contributed by atoms with Crippen molar-refractivity contribution in [2.24, 2.45) is 0 Å². The molecule has 0 amide bonds. The lowest BCUT2D eigenvalue weighted by Gasteiger charge is -2.02. The fourth-order valence-electron chi connectivity index (χ4n) is 5.56. The van der Waals surface area contributed by atoms with Crippen molar-refractivity contribution in [2.75, 3.05) is 0 Å². The molecular weight excluding hydrogens is 464 g/mol. The summed E-state index contributed by atoms with van der Waals surface area (Å²) in [4.78, 5) is 0. The van der Waals surface area contributed by atoms with E-state index in [4.69, 9.17) is 0 Å². The van der Waals surface area contributed by atoms with Crippen LogP contribution < -0.4 is 9.13 Å². The van der Waals surface area contributed by atoms with Gasteiger partial charge in [0.1, 0.15) is 24.8 Å². The van der Waals surface area contributed by atoms with E-state index in [0.29, 0.717) is 0 Å². The second-order valence-corrected chi connectivity index (χ2v) is 11.8. The summed E-state index contributed by atoms with van der Waals surface area (Å²) >= 11 is 0. The van der Waals surface area contributed by atoms with Crippen molar-refractivity contribution in [2.45, 2.75) is 181 Å². The molecule has 0 N–H and O–H groups in total. The monoisotopic (exact) mass is 529 g/mol. The Morgan fingerprint density at radius 3 is 1.08 bits per heavy atom. The first kappa shape index (κ1) is 32.6. The van der Waals surface area contributed by atoms with E-state index in [-0.39, 0.29) is 0 Å². The maximum absolute atomic E-state index is 2.39. The quantitative estimate of drug-likeness (QED) is 0.0812. The van der Waals surface area contributed by atoms with Crippen LogP contribution in [-0.4, -0.2) is 9.13 Å². The molecule has 218 valence electrons. The average Bonchev–Trinajstić information content (AvgIpc) is 3.58. The highest BCUT2D eigenvalue weighted by Gasteiger charge is 2.05. The van der Waals surface area contributed by atoms with Crippen molar-refractivity contribution in [1.29, 1.82) is 0 Å². The lowest BCUT2D eigenvalue weighted by atomic mass is 10.1. The fraction of sp³-hybridized carbons (Fsp3) is 0.824. The van der Waals surface area contributed by atoms with Crippen LogP contribution in [0.25, 0.3) is 0 Å². The van der Waals surface area contributed by atoms with E-state index in [1.807, 2.05) is 0 Å². The van der Waals surface area contributed by atoms with Crippen LogP contribution in [0.5, 0.6) is 0 Å². The molecule has 0 aliphatic carbocycles. The van der Waals surface area contributed by atoms with E-state index in [0.717, 1.165) is 0 Å². The van der Waals surface area contributed by atoms with Gasteiger partial charge in [0.2, 0.25) is 12.7 Å². The van der Waals surface area contributed by atoms with Gasteiger partial charge >= 0.3 is 0 Å². The predicted octanol–water partition coefficient (Wildman–Crippen LogP) is 9.19. The normalized spacial score (nSPS) is 11.5. The first-order valence-corrected chi connectivity index (χ1v) is 16.9. The average molecular weight is 529 g/mol. The van der Waals surface area contributed by atoms with Gasteiger partial charge in [0, 0.05) is 0 Å². The molecule has 0 unspecified atom stereocenters. The Morgan fingerprint density at radius 1 is 0.395 bits per heavy atom. The molecule has 0 aromatic carbocycles. The molecule has 4 heteroatoms. The van der Waals surface area contributed by atoms with Crippen molar-refractivity contribution in [3.63, 3.8) is 0 Å². The number of aryl methyl sites for hydroxylation is 4. The third kappa shape index (κ3) is 17.1. The number of imidazole rings is 2. The van der Waals surface area contributed by atoms with Gasteiger partial charge in [-0.15, -0.1) is 0 Å². The SMILES string of the molecule is CCCCCCCCC[n+]1ccn(CCCCCCCCCCn2cc[n+](CCCCCCCCC)c2)c1. The number of rotatable bonds is 27. The Hall–Kier alpha value is -1.58. The summed E-state index contributed by atoms with van der Waals surface area (Å²) in [6, 6.07) is 0. The van der Waals surface area contributed by atoms with Gasteiger partial charge in [-0.05, 0) is 51.4 Å². The van der Waals surface area contributed by atoms with Gasteiger partial charge < -0.3 is 0 Å². The highest BCUT2D eigenvalue weighted by molar-refractivity contribution is 4.67. The lowest BCUT2D eigenvalue weighted by Crippen LogP contribution is -2.30. The van der Waals surface area contributed by atoms with Crippen molar-refractivity contribution >= 4 is 0 Å². The van der Waals surface area contributed by atoms with Crippen molar-refractivity contribution in [1.82, 2.24) is 9.13 Å². The van der Waals surface area contributed by atoms with Gasteiger partial charge in [0.05, 0.1) is 26.2 Å². The molecule has 0 saturated carbocycles. The van der Waals surface area contributed by atoms with E-state index >= 15 is 0 Å². The molecule has 0 aliphatic rings. The van der Waals surface area contributed by atoms with E-state index in [1.54, 1.807) is 0 Å². The minimum absolute atomic E-state index is 1.18. The van der Waals surface area contributed by atoms with E-state index in [9.17, 15) is 0 Å². The van der Waals surface area contributed by atoms with Crippen LogP contribution in [0.15, 0.2) is 37.4 Å². The lowest BCUT2D eigenvalue weighted by molar-refractivity contribution is -0.697. The van der Waals surface area contributed by atoms with Gasteiger partial charge in [0.25, 0.3) is 0 Å². The first-order valence-electron chi connectivity index (χ1n) is 16.9. The summed E-state index contributed by atoms with van der Waals surface area (Å²) < 4.78 is 9.55. The fourth-order valence-corrected chi connectivity index (χ4v) is 5.56. The molecule has 0 atom stereocenters. The van der Waals surface area contributed by atoms with Crippen molar-refractivity contribution in [3.8, 4) is 0 Å². The van der Waals surface area contributed by atoms with Gasteiger partial charge in [-0.25, -0.2) is 18.3 Å². The van der Waals surface area contributed by atoms with E-state index in [2.05, 4.69) is 69.6 Å². The third-order valence-corrected chi connectivity index (χ3v) is 8.11. The Balaban J connectivity index is 1.35. The molecule has 0 spiro atoms. The molecule has 2 aromatic rings. The molecule has 0 radical (unpaired) electrons. The van der Waals surface area contributed by atoms with Crippen LogP contribution >= 0.6 is 0 Å². The maximum atomic E-state index is 2.39.